The number of rotatable bonds is 4. The van der Waals surface area contributed by atoms with E-state index < -0.39 is 26.8 Å². The van der Waals surface area contributed by atoms with Crippen molar-refractivity contribution in [1.82, 2.24) is 0 Å². The Bertz CT molecular complexity index is 667. The normalized spacial score (nSPS) is 20.5. The smallest absolute Gasteiger partial charge is 0.339 e. The summed E-state index contributed by atoms with van der Waals surface area (Å²) in [5.41, 5.74) is -0.725. The Hall–Kier alpha value is -2.16. The summed E-state index contributed by atoms with van der Waals surface area (Å²) in [6.45, 7) is 0. The van der Waals surface area contributed by atoms with Crippen LogP contribution in [0.5, 0.6) is 5.75 Å². The fourth-order valence-corrected chi connectivity index (χ4v) is 3.52. The van der Waals surface area contributed by atoms with Crippen LogP contribution < -0.4 is 4.74 Å². The molecule has 0 spiro atoms. The fraction of sp³-hybridized carbons (Fsp3) is 0.364. The Balaban J connectivity index is 2.28. The average Bonchev–Trinajstić information content (AvgIpc) is 2.68. The van der Waals surface area contributed by atoms with Gasteiger partial charge in [0.1, 0.15) is 17.4 Å². The van der Waals surface area contributed by atoms with Crippen LogP contribution in [0.2, 0.25) is 0 Å². The van der Waals surface area contributed by atoms with Gasteiger partial charge >= 0.3 is 5.97 Å². The lowest BCUT2D eigenvalue weighted by atomic mass is 10.1. The topological polar surface area (TPSA) is 124 Å². The van der Waals surface area contributed by atoms with Crippen LogP contribution in [0.3, 0.4) is 0 Å². The molecule has 0 bridgehead atoms. The molecule has 0 amide bonds. The maximum atomic E-state index is 11.3. The Kier molecular flexibility index (Phi) is 3.62. The molecule has 1 saturated heterocycles. The van der Waals surface area contributed by atoms with Gasteiger partial charge in [-0.15, -0.1) is 0 Å². The molecule has 0 radical (unpaired) electrons. The SMILES string of the molecule is O=C(O)c1cc([N+](=O)[O-])ccc1OC1CCS(=O)(=O)C1. The van der Waals surface area contributed by atoms with Gasteiger partial charge in [-0.3, -0.25) is 10.1 Å². The van der Waals surface area contributed by atoms with E-state index in [4.69, 9.17) is 9.84 Å². The molecule has 1 aliphatic heterocycles. The first-order valence-corrected chi connectivity index (χ1v) is 7.49. The zero-order valence-electron chi connectivity index (χ0n) is 10.2. The molecular weight excluding hydrogens is 290 g/mol. The van der Waals surface area contributed by atoms with Gasteiger partial charge in [-0.2, -0.15) is 0 Å². The molecule has 0 aromatic heterocycles. The van der Waals surface area contributed by atoms with Crippen LogP contribution in [0.4, 0.5) is 5.69 Å². The van der Waals surface area contributed by atoms with Gasteiger partial charge < -0.3 is 9.84 Å². The van der Waals surface area contributed by atoms with Gasteiger partial charge in [0.25, 0.3) is 5.69 Å². The number of benzene rings is 1. The number of nitro benzene ring substituents is 1. The Morgan fingerprint density at radius 1 is 1.45 bits per heavy atom. The zero-order chi connectivity index (χ0) is 14.9. The van der Waals surface area contributed by atoms with Crippen LogP contribution in [0.1, 0.15) is 16.8 Å². The summed E-state index contributed by atoms with van der Waals surface area (Å²) in [5.74, 6) is -1.62. The molecule has 1 aromatic rings. The van der Waals surface area contributed by atoms with Crippen LogP contribution in [0.25, 0.3) is 0 Å². The third kappa shape index (κ3) is 3.05. The second-order valence-corrected chi connectivity index (χ2v) is 6.61. The third-order valence-corrected chi connectivity index (χ3v) is 4.63. The number of non-ortho nitro benzene ring substituents is 1. The van der Waals surface area contributed by atoms with Gasteiger partial charge in [-0.25, -0.2) is 13.2 Å². The zero-order valence-corrected chi connectivity index (χ0v) is 11.0. The Morgan fingerprint density at radius 3 is 2.65 bits per heavy atom. The highest BCUT2D eigenvalue weighted by Gasteiger charge is 2.30. The molecule has 1 aromatic carbocycles. The highest BCUT2D eigenvalue weighted by atomic mass is 32.2. The minimum absolute atomic E-state index is 0.00689. The second kappa shape index (κ2) is 5.08. The summed E-state index contributed by atoms with van der Waals surface area (Å²) >= 11 is 0. The molecule has 9 heteroatoms. The second-order valence-electron chi connectivity index (χ2n) is 4.39. The van der Waals surface area contributed by atoms with Gasteiger partial charge in [0, 0.05) is 12.1 Å². The number of aromatic carboxylic acids is 1. The Labute approximate surface area is 114 Å². The van der Waals surface area contributed by atoms with Crippen molar-refractivity contribution in [3.63, 3.8) is 0 Å². The van der Waals surface area contributed by atoms with E-state index >= 15 is 0 Å². The number of carboxylic acids is 1. The van der Waals surface area contributed by atoms with E-state index in [0.29, 0.717) is 0 Å². The summed E-state index contributed by atoms with van der Waals surface area (Å²) in [6.07, 6.45) is -0.349. The fourth-order valence-electron chi connectivity index (χ4n) is 1.93. The van der Waals surface area contributed by atoms with Crippen molar-refractivity contribution in [2.45, 2.75) is 12.5 Å². The van der Waals surface area contributed by atoms with Crippen LogP contribution >= 0.6 is 0 Å². The quantitative estimate of drug-likeness (QED) is 0.646. The molecule has 20 heavy (non-hydrogen) atoms. The molecule has 1 unspecified atom stereocenters. The highest BCUT2D eigenvalue weighted by molar-refractivity contribution is 7.91. The van der Waals surface area contributed by atoms with Gasteiger partial charge in [0.05, 0.1) is 16.4 Å². The van der Waals surface area contributed by atoms with Crippen molar-refractivity contribution >= 4 is 21.5 Å². The van der Waals surface area contributed by atoms with Gasteiger partial charge in [0.2, 0.25) is 0 Å². The van der Waals surface area contributed by atoms with Gasteiger partial charge in [-0.1, -0.05) is 0 Å². The first kappa shape index (κ1) is 14.3. The Morgan fingerprint density at radius 2 is 2.15 bits per heavy atom. The monoisotopic (exact) mass is 301 g/mol. The molecule has 1 fully saturated rings. The summed E-state index contributed by atoms with van der Waals surface area (Å²) in [7, 11) is -3.15. The average molecular weight is 301 g/mol. The standard InChI is InChI=1S/C11H11NO7S/c13-11(14)9-5-7(12(15)16)1-2-10(9)19-8-3-4-20(17,18)6-8/h1-2,5,8H,3-4,6H2,(H,13,14). The molecular formula is C11H11NO7S. The van der Waals surface area contributed by atoms with Crippen LogP contribution in [0.15, 0.2) is 18.2 Å². The predicted molar refractivity (Wildman–Crippen MR) is 67.7 cm³/mol. The van der Waals surface area contributed by atoms with Crippen molar-refractivity contribution in [2.24, 2.45) is 0 Å². The lowest BCUT2D eigenvalue weighted by Gasteiger charge is -2.13. The van der Waals surface area contributed by atoms with Crippen LogP contribution in [-0.2, 0) is 9.84 Å². The number of nitro groups is 1. The molecule has 108 valence electrons. The van der Waals surface area contributed by atoms with E-state index in [2.05, 4.69) is 0 Å². The minimum atomic E-state index is -3.15. The first-order valence-electron chi connectivity index (χ1n) is 5.67. The highest BCUT2D eigenvalue weighted by Crippen LogP contribution is 2.27. The number of carbonyl (C=O) groups is 1. The van der Waals surface area contributed by atoms with E-state index in [1.165, 1.54) is 6.07 Å². The van der Waals surface area contributed by atoms with Crippen LogP contribution in [0, 0.1) is 10.1 Å². The van der Waals surface area contributed by atoms with Crippen LogP contribution in [-0.4, -0.2) is 42.0 Å². The number of hydrogen-bond donors (Lipinski definition) is 1. The molecule has 1 heterocycles. The number of hydrogen-bond acceptors (Lipinski definition) is 6. The molecule has 1 N–H and O–H groups in total. The van der Waals surface area contributed by atoms with E-state index in [1.807, 2.05) is 0 Å². The molecule has 0 aliphatic carbocycles. The van der Waals surface area contributed by atoms with Gasteiger partial charge in [0.15, 0.2) is 9.84 Å². The number of nitrogens with zero attached hydrogens (tertiary/aromatic N) is 1. The van der Waals surface area contributed by atoms with E-state index in [9.17, 15) is 23.3 Å². The molecule has 1 atom stereocenters. The first-order chi connectivity index (χ1) is 9.28. The molecule has 1 aliphatic rings. The maximum absolute atomic E-state index is 11.3. The number of sulfone groups is 1. The third-order valence-electron chi connectivity index (χ3n) is 2.89. The van der Waals surface area contributed by atoms with E-state index in [1.54, 1.807) is 0 Å². The number of ether oxygens (including phenoxy) is 1. The van der Waals surface area contributed by atoms with E-state index in [0.717, 1.165) is 12.1 Å². The summed E-state index contributed by atoms with van der Waals surface area (Å²) in [4.78, 5) is 21.0. The van der Waals surface area contributed by atoms with Crippen molar-refractivity contribution in [2.75, 3.05) is 11.5 Å². The summed E-state index contributed by atoms with van der Waals surface area (Å²) in [6, 6.07) is 3.18. The lowest BCUT2D eigenvalue weighted by molar-refractivity contribution is -0.384. The van der Waals surface area contributed by atoms with E-state index in [-0.39, 0.29) is 34.9 Å². The predicted octanol–water partition coefficient (Wildman–Crippen LogP) is 0.859. The van der Waals surface area contributed by atoms with Crippen molar-refractivity contribution in [3.05, 3.63) is 33.9 Å². The summed E-state index contributed by atoms with van der Waals surface area (Å²) in [5, 5.41) is 19.6. The van der Waals surface area contributed by atoms with Gasteiger partial charge in [-0.05, 0) is 12.5 Å². The summed E-state index contributed by atoms with van der Waals surface area (Å²) < 4.78 is 28.0. The molecule has 8 nitrogen and oxygen atoms in total. The maximum Gasteiger partial charge on any atom is 0.339 e. The lowest BCUT2D eigenvalue weighted by Crippen LogP contribution is -2.19. The largest absolute Gasteiger partial charge is 0.488 e. The molecule has 0 saturated carbocycles. The van der Waals surface area contributed by atoms with Crippen molar-refractivity contribution in [3.8, 4) is 5.75 Å². The number of carboxylic acid groups (broad SMARTS) is 1. The van der Waals surface area contributed by atoms with Crippen molar-refractivity contribution in [1.29, 1.82) is 0 Å². The molecule has 2 rings (SSSR count). The minimum Gasteiger partial charge on any atom is -0.488 e. The van der Waals surface area contributed by atoms with Crippen molar-refractivity contribution < 1.29 is 28.0 Å².